The monoisotopic (exact) mass is 380 g/mol. The number of nitrogens with one attached hydrogen (secondary N) is 2. The standard InChI is InChI=1S/C13H9IN4O2/c14-8-1-3-10(4-2-8)18-13(20)11(12(19)17-18)7-9-5-6-15-16-9/h1-7H,(H,15,16)(H,17,19). The molecule has 1 aromatic carbocycles. The second-order valence-corrected chi connectivity index (χ2v) is 5.36. The number of amides is 2. The summed E-state index contributed by atoms with van der Waals surface area (Å²) in [4.78, 5) is 24.1. The topological polar surface area (TPSA) is 78.1 Å². The summed E-state index contributed by atoms with van der Waals surface area (Å²) in [6.45, 7) is 0. The summed E-state index contributed by atoms with van der Waals surface area (Å²) in [5.74, 6) is -0.823. The van der Waals surface area contributed by atoms with Crippen molar-refractivity contribution in [1.82, 2.24) is 15.6 Å². The predicted octanol–water partition coefficient (Wildman–Crippen LogP) is 1.48. The Bertz CT molecular complexity index is 692. The summed E-state index contributed by atoms with van der Waals surface area (Å²) in [5.41, 5.74) is 3.76. The molecule has 0 atom stereocenters. The molecule has 2 heterocycles. The average Bonchev–Trinajstić information content (AvgIpc) is 3.04. The van der Waals surface area contributed by atoms with E-state index in [1.807, 2.05) is 12.1 Å². The van der Waals surface area contributed by atoms with Crippen LogP contribution in [0.4, 0.5) is 5.69 Å². The van der Waals surface area contributed by atoms with E-state index in [2.05, 4.69) is 38.2 Å². The van der Waals surface area contributed by atoms with Crippen molar-refractivity contribution < 1.29 is 9.59 Å². The number of hydrogen-bond donors (Lipinski definition) is 2. The smallest absolute Gasteiger partial charge is 0.282 e. The summed E-state index contributed by atoms with van der Waals surface area (Å²) < 4.78 is 1.05. The molecule has 0 saturated carbocycles. The lowest BCUT2D eigenvalue weighted by Gasteiger charge is -2.14. The van der Waals surface area contributed by atoms with Crippen LogP contribution in [0.25, 0.3) is 6.08 Å². The highest BCUT2D eigenvalue weighted by atomic mass is 127. The molecular formula is C13H9IN4O2. The molecule has 0 aliphatic carbocycles. The first-order valence-corrected chi connectivity index (χ1v) is 6.85. The molecule has 0 radical (unpaired) electrons. The fourth-order valence-corrected chi connectivity index (χ4v) is 2.19. The molecule has 2 N–H and O–H groups in total. The van der Waals surface area contributed by atoms with Crippen LogP contribution >= 0.6 is 22.6 Å². The number of anilines is 1. The van der Waals surface area contributed by atoms with E-state index in [-0.39, 0.29) is 11.5 Å². The van der Waals surface area contributed by atoms with E-state index in [0.29, 0.717) is 11.4 Å². The number of carbonyl (C=O) groups is 2. The van der Waals surface area contributed by atoms with Crippen LogP contribution in [0.1, 0.15) is 5.69 Å². The van der Waals surface area contributed by atoms with Crippen molar-refractivity contribution in [3.8, 4) is 0 Å². The van der Waals surface area contributed by atoms with Gasteiger partial charge in [-0.2, -0.15) is 5.10 Å². The number of hydrogen-bond acceptors (Lipinski definition) is 3. The fraction of sp³-hybridized carbons (Fsp3) is 0. The van der Waals surface area contributed by atoms with Crippen LogP contribution in [-0.2, 0) is 9.59 Å². The van der Waals surface area contributed by atoms with Crippen molar-refractivity contribution in [2.24, 2.45) is 0 Å². The summed E-state index contributed by atoms with van der Waals surface area (Å²) in [6, 6.07) is 8.96. The van der Waals surface area contributed by atoms with Gasteiger partial charge in [0.1, 0.15) is 5.57 Å². The molecule has 7 heteroatoms. The highest BCUT2D eigenvalue weighted by molar-refractivity contribution is 14.1. The molecule has 2 aromatic rings. The van der Waals surface area contributed by atoms with Gasteiger partial charge in [-0.05, 0) is 59.0 Å². The second-order valence-electron chi connectivity index (χ2n) is 4.12. The maximum Gasteiger partial charge on any atom is 0.282 e. The van der Waals surface area contributed by atoms with E-state index in [1.54, 1.807) is 24.4 Å². The summed E-state index contributed by atoms with van der Waals surface area (Å²) in [7, 11) is 0. The SMILES string of the molecule is O=C1NN(c2ccc(I)cc2)C(=O)C1=Cc1cc[nH]n1. The Hall–Kier alpha value is -2.16. The molecule has 1 fully saturated rings. The molecule has 20 heavy (non-hydrogen) atoms. The number of H-pyrrole nitrogens is 1. The van der Waals surface area contributed by atoms with Crippen molar-refractivity contribution in [1.29, 1.82) is 0 Å². The number of halogens is 1. The van der Waals surface area contributed by atoms with Crippen LogP contribution in [0.15, 0.2) is 42.1 Å². The van der Waals surface area contributed by atoms with Crippen LogP contribution in [0, 0.1) is 3.57 Å². The Morgan fingerprint density at radius 1 is 1.15 bits per heavy atom. The highest BCUT2D eigenvalue weighted by Crippen LogP contribution is 2.21. The number of carbonyl (C=O) groups excluding carboxylic acids is 2. The number of benzene rings is 1. The Balaban J connectivity index is 1.92. The number of rotatable bonds is 2. The van der Waals surface area contributed by atoms with E-state index < -0.39 is 5.91 Å². The van der Waals surface area contributed by atoms with Gasteiger partial charge in [0.05, 0.1) is 11.4 Å². The van der Waals surface area contributed by atoms with Gasteiger partial charge in [-0.1, -0.05) is 0 Å². The van der Waals surface area contributed by atoms with E-state index in [1.165, 1.54) is 11.1 Å². The number of hydrazine groups is 1. The van der Waals surface area contributed by atoms with Crippen molar-refractivity contribution in [2.75, 3.05) is 5.01 Å². The summed E-state index contributed by atoms with van der Waals surface area (Å²) in [6.07, 6.45) is 3.08. The van der Waals surface area contributed by atoms with Crippen LogP contribution in [-0.4, -0.2) is 22.0 Å². The minimum Gasteiger partial charge on any atom is -0.285 e. The first kappa shape index (κ1) is 12.9. The lowest BCUT2D eigenvalue weighted by molar-refractivity contribution is -0.117. The van der Waals surface area contributed by atoms with Crippen LogP contribution in [0.5, 0.6) is 0 Å². The molecule has 0 bridgehead atoms. The quantitative estimate of drug-likeness (QED) is 0.471. The van der Waals surface area contributed by atoms with Gasteiger partial charge in [-0.25, -0.2) is 5.01 Å². The second kappa shape index (κ2) is 5.08. The van der Waals surface area contributed by atoms with Crippen LogP contribution in [0.3, 0.4) is 0 Å². The molecule has 0 unspecified atom stereocenters. The first-order valence-electron chi connectivity index (χ1n) is 5.77. The lowest BCUT2D eigenvalue weighted by atomic mass is 10.2. The molecule has 1 aliphatic rings. The normalized spacial score (nSPS) is 16.9. The molecule has 2 amide bonds. The summed E-state index contributed by atoms with van der Waals surface area (Å²) >= 11 is 2.17. The maximum atomic E-state index is 12.3. The Kier molecular flexibility index (Phi) is 3.26. The number of aromatic amines is 1. The minimum absolute atomic E-state index is 0.0654. The molecule has 1 aliphatic heterocycles. The van der Waals surface area contributed by atoms with Gasteiger partial charge < -0.3 is 0 Å². The Morgan fingerprint density at radius 3 is 2.55 bits per heavy atom. The molecule has 3 rings (SSSR count). The van der Waals surface area contributed by atoms with E-state index in [4.69, 9.17) is 0 Å². The maximum absolute atomic E-state index is 12.3. The zero-order valence-corrected chi connectivity index (χ0v) is 12.3. The van der Waals surface area contributed by atoms with Gasteiger partial charge in [0.15, 0.2) is 0 Å². The number of aromatic nitrogens is 2. The third-order valence-electron chi connectivity index (χ3n) is 2.79. The lowest BCUT2D eigenvalue weighted by Crippen LogP contribution is -2.35. The van der Waals surface area contributed by atoms with Crippen LogP contribution in [0.2, 0.25) is 0 Å². The first-order chi connectivity index (χ1) is 9.65. The van der Waals surface area contributed by atoms with E-state index >= 15 is 0 Å². The van der Waals surface area contributed by atoms with Gasteiger partial charge >= 0.3 is 0 Å². The van der Waals surface area contributed by atoms with Crippen molar-refractivity contribution >= 4 is 46.2 Å². The number of nitrogens with zero attached hydrogens (tertiary/aromatic N) is 2. The largest absolute Gasteiger partial charge is 0.285 e. The molecule has 6 nitrogen and oxygen atoms in total. The zero-order chi connectivity index (χ0) is 14.1. The van der Waals surface area contributed by atoms with Gasteiger partial charge in [0, 0.05) is 9.77 Å². The average molecular weight is 380 g/mol. The van der Waals surface area contributed by atoms with Crippen molar-refractivity contribution in [2.45, 2.75) is 0 Å². The molecular weight excluding hydrogens is 371 g/mol. The van der Waals surface area contributed by atoms with Gasteiger partial charge in [0.2, 0.25) is 0 Å². The molecule has 1 aromatic heterocycles. The van der Waals surface area contributed by atoms with E-state index in [0.717, 1.165) is 3.57 Å². The predicted molar refractivity (Wildman–Crippen MR) is 81.4 cm³/mol. The highest BCUT2D eigenvalue weighted by Gasteiger charge is 2.34. The summed E-state index contributed by atoms with van der Waals surface area (Å²) in [5, 5.41) is 7.77. The minimum atomic E-state index is -0.434. The van der Waals surface area contributed by atoms with Gasteiger partial charge in [-0.15, -0.1) is 0 Å². The van der Waals surface area contributed by atoms with Crippen LogP contribution < -0.4 is 10.4 Å². The van der Waals surface area contributed by atoms with Crippen molar-refractivity contribution in [3.05, 3.63) is 51.4 Å². The Labute approximate surface area is 128 Å². The van der Waals surface area contributed by atoms with E-state index in [9.17, 15) is 9.59 Å². The zero-order valence-electron chi connectivity index (χ0n) is 10.1. The van der Waals surface area contributed by atoms with Gasteiger partial charge in [0.25, 0.3) is 11.8 Å². The third-order valence-corrected chi connectivity index (χ3v) is 3.51. The molecule has 0 spiro atoms. The fourth-order valence-electron chi connectivity index (χ4n) is 1.83. The third kappa shape index (κ3) is 2.31. The molecule has 1 saturated heterocycles. The molecule has 100 valence electrons. The van der Waals surface area contributed by atoms with Gasteiger partial charge in [-0.3, -0.25) is 20.1 Å². The Morgan fingerprint density at radius 2 is 1.90 bits per heavy atom. The van der Waals surface area contributed by atoms with Crippen molar-refractivity contribution in [3.63, 3.8) is 0 Å².